The van der Waals surface area contributed by atoms with Crippen LogP contribution in [0.1, 0.15) is 13.8 Å². The molecule has 4 nitrogen and oxygen atoms in total. The maximum absolute atomic E-state index is 10.3. The number of rotatable bonds is 4. The molecule has 74 valence electrons. The van der Waals surface area contributed by atoms with E-state index in [1.165, 1.54) is 32.1 Å². The van der Waals surface area contributed by atoms with Gasteiger partial charge in [0.25, 0.3) is 0 Å². The fraction of sp³-hybridized carbons (Fsp3) is 0.444. The summed E-state index contributed by atoms with van der Waals surface area (Å²) in [6, 6.07) is 0. The van der Waals surface area contributed by atoms with E-state index in [0.29, 0.717) is 0 Å². The first-order chi connectivity index (χ1) is 5.95. The van der Waals surface area contributed by atoms with Gasteiger partial charge in [0.1, 0.15) is 0 Å². The van der Waals surface area contributed by atoms with Crippen molar-refractivity contribution in [2.45, 2.75) is 26.1 Å². The van der Waals surface area contributed by atoms with Crippen molar-refractivity contribution in [3.63, 3.8) is 0 Å². The summed E-state index contributed by atoms with van der Waals surface area (Å²) in [6.07, 6.45) is 2.28. The van der Waals surface area contributed by atoms with Crippen LogP contribution in [0, 0.1) is 0 Å². The summed E-state index contributed by atoms with van der Waals surface area (Å²) in [6.45, 7) is 2.89. The van der Waals surface area contributed by atoms with Gasteiger partial charge in [-0.1, -0.05) is 18.2 Å². The molecule has 0 aliphatic rings. The van der Waals surface area contributed by atoms with Crippen LogP contribution in [0.3, 0.4) is 0 Å². The Kier molecular flexibility index (Phi) is 5.03. The molecule has 0 aromatic rings. The molecule has 0 fully saturated rings. The first kappa shape index (κ1) is 11.9. The highest BCUT2D eigenvalue weighted by Gasteiger charge is 2.04. The second-order valence-corrected chi connectivity index (χ2v) is 2.77. The largest absolute Gasteiger partial charge is 0.478 e. The maximum atomic E-state index is 10.3. The van der Waals surface area contributed by atoms with E-state index < -0.39 is 18.2 Å². The van der Waals surface area contributed by atoms with Crippen LogP contribution >= 0.6 is 0 Å². The standard InChI is InChI=1S/C9H14O4/c1-6(9(12)13)4-3-5-8(11)7(2)10/h3-5,7-8,10-11H,1-2H3,(H,12,13). The third-order valence-corrected chi connectivity index (χ3v) is 1.49. The molecule has 13 heavy (non-hydrogen) atoms. The Morgan fingerprint density at radius 1 is 1.38 bits per heavy atom. The second-order valence-electron chi connectivity index (χ2n) is 2.77. The van der Waals surface area contributed by atoms with Crippen molar-refractivity contribution in [3.8, 4) is 0 Å². The Bertz CT molecular complexity index is 228. The minimum absolute atomic E-state index is 0.175. The molecule has 0 rings (SSSR count). The van der Waals surface area contributed by atoms with Gasteiger partial charge in [-0.2, -0.15) is 0 Å². The summed E-state index contributed by atoms with van der Waals surface area (Å²) < 4.78 is 0. The van der Waals surface area contributed by atoms with Gasteiger partial charge in [0.05, 0.1) is 12.2 Å². The molecule has 2 unspecified atom stereocenters. The first-order valence-electron chi connectivity index (χ1n) is 3.89. The van der Waals surface area contributed by atoms with Crippen molar-refractivity contribution in [2.24, 2.45) is 0 Å². The molecule has 0 aliphatic carbocycles. The van der Waals surface area contributed by atoms with Crippen LogP contribution in [-0.2, 0) is 4.79 Å². The smallest absolute Gasteiger partial charge is 0.331 e. The number of aliphatic carboxylic acids is 1. The maximum Gasteiger partial charge on any atom is 0.331 e. The number of carbonyl (C=O) groups is 1. The van der Waals surface area contributed by atoms with Crippen molar-refractivity contribution in [1.82, 2.24) is 0 Å². The molecule has 0 heterocycles. The highest BCUT2D eigenvalue weighted by molar-refractivity contribution is 5.86. The SMILES string of the molecule is CC(=CC=CC(O)C(C)O)C(=O)O. The van der Waals surface area contributed by atoms with Crippen LogP contribution in [0.5, 0.6) is 0 Å². The van der Waals surface area contributed by atoms with Gasteiger partial charge >= 0.3 is 5.97 Å². The number of allylic oxidation sites excluding steroid dienone is 2. The van der Waals surface area contributed by atoms with E-state index in [1.807, 2.05) is 0 Å². The van der Waals surface area contributed by atoms with Crippen molar-refractivity contribution in [3.05, 3.63) is 23.8 Å². The molecule has 0 saturated heterocycles. The zero-order chi connectivity index (χ0) is 10.4. The minimum atomic E-state index is -1.00. The van der Waals surface area contributed by atoms with E-state index in [1.54, 1.807) is 0 Å². The van der Waals surface area contributed by atoms with Crippen LogP contribution < -0.4 is 0 Å². The highest BCUT2D eigenvalue weighted by Crippen LogP contribution is 1.97. The average molecular weight is 186 g/mol. The number of hydrogen-bond donors (Lipinski definition) is 3. The molecule has 4 heteroatoms. The van der Waals surface area contributed by atoms with Crippen LogP contribution in [0.25, 0.3) is 0 Å². The minimum Gasteiger partial charge on any atom is -0.478 e. The summed E-state index contributed by atoms with van der Waals surface area (Å²) in [5.74, 6) is -1.00. The summed E-state index contributed by atoms with van der Waals surface area (Å²) in [5, 5.41) is 26.4. The topological polar surface area (TPSA) is 77.8 Å². The predicted molar refractivity (Wildman–Crippen MR) is 48.2 cm³/mol. The van der Waals surface area contributed by atoms with E-state index in [0.717, 1.165) is 0 Å². The van der Waals surface area contributed by atoms with Crippen LogP contribution in [0.15, 0.2) is 23.8 Å². The predicted octanol–water partition coefficient (Wildman–Crippen LogP) is 0.315. The number of aliphatic hydroxyl groups is 2. The number of hydrogen-bond acceptors (Lipinski definition) is 3. The Morgan fingerprint density at radius 3 is 2.31 bits per heavy atom. The fourth-order valence-corrected chi connectivity index (χ4v) is 0.546. The van der Waals surface area contributed by atoms with Crippen molar-refractivity contribution in [2.75, 3.05) is 0 Å². The quantitative estimate of drug-likeness (QED) is 0.436. The zero-order valence-corrected chi connectivity index (χ0v) is 7.64. The van der Waals surface area contributed by atoms with Gasteiger partial charge in [-0.15, -0.1) is 0 Å². The van der Waals surface area contributed by atoms with Crippen molar-refractivity contribution >= 4 is 5.97 Å². The van der Waals surface area contributed by atoms with E-state index in [-0.39, 0.29) is 5.57 Å². The van der Waals surface area contributed by atoms with E-state index in [2.05, 4.69) is 0 Å². The molecular formula is C9H14O4. The molecule has 0 aromatic heterocycles. The van der Waals surface area contributed by atoms with Crippen molar-refractivity contribution < 1.29 is 20.1 Å². The third kappa shape index (κ3) is 5.16. The Balaban J connectivity index is 4.14. The molecule has 0 radical (unpaired) electrons. The third-order valence-electron chi connectivity index (χ3n) is 1.49. The lowest BCUT2D eigenvalue weighted by atomic mass is 10.2. The summed E-state index contributed by atoms with van der Waals surface area (Å²) in [4.78, 5) is 10.3. The fourth-order valence-electron chi connectivity index (χ4n) is 0.546. The second kappa shape index (κ2) is 5.50. The lowest BCUT2D eigenvalue weighted by molar-refractivity contribution is -0.132. The zero-order valence-electron chi connectivity index (χ0n) is 7.64. The number of carboxylic acid groups (broad SMARTS) is 1. The molecule has 2 atom stereocenters. The van der Waals surface area contributed by atoms with E-state index in [9.17, 15) is 4.79 Å². The molecule has 0 bridgehead atoms. The van der Waals surface area contributed by atoms with E-state index >= 15 is 0 Å². The Hall–Kier alpha value is -1.13. The first-order valence-corrected chi connectivity index (χ1v) is 3.89. The Labute approximate surface area is 76.8 Å². The molecule has 0 spiro atoms. The lowest BCUT2D eigenvalue weighted by Gasteiger charge is -2.06. The monoisotopic (exact) mass is 186 g/mol. The molecule has 0 saturated carbocycles. The lowest BCUT2D eigenvalue weighted by Crippen LogP contribution is -2.19. The molecule has 3 N–H and O–H groups in total. The van der Waals surface area contributed by atoms with E-state index in [4.69, 9.17) is 15.3 Å². The Morgan fingerprint density at radius 2 is 1.92 bits per heavy atom. The summed E-state index contributed by atoms with van der Waals surface area (Å²) in [7, 11) is 0. The summed E-state index contributed by atoms with van der Waals surface area (Å²) in [5.41, 5.74) is 0.175. The van der Waals surface area contributed by atoms with Gasteiger partial charge in [-0.05, 0) is 13.8 Å². The van der Waals surface area contributed by atoms with Gasteiger partial charge in [0.2, 0.25) is 0 Å². The van der Waals surface area contributed by atoms with Gasteiger partial charge in [-0.3, -0.25) is 0 Å². The van der Waals surface area contributed by atoms with Gasteiger partial charge < -0.3 is 15.3 Å². The van der Waals surface area contributed by atoms with Gasteiger partial charge in [0, 0.05) is 5.57 Å². The van der Waals surface area contributed by atoms with Crippen molar-refractivity contribution in [1.29, 1.82) is 0 Å². The molecule has 0 amide bonds. The van der Waals surface area contributed by atoms with Crippen LogP contribution in [0.2, 0.25) is 0 Å². The number of aliphatic hydroxyl groups excluding tert-OH is 2. The molecule has 0 aromatic carbocycles. The normalized spacial score (nSPS) is 17.4. The highest BCUT2D eigenvalue weighted by atomic mass is 16.4. The van der Waals surface area contributed by atoms with Gasteiger partial charge in [0.15, 0.2) is 0 Å². The molecule has 0 aliphatic heterocycles. The number of carboxylic acids is 1. The molecular weight excluding hydrogens is 172 g/mol. The summed E-state index contributed by atoms with van der Waals surface area (Å²) >= 11 is 0. The van der Waals surface area contributed by atoms with Crippen LogP contribution in [0.4, 0.5) is 0 Å². The van der Waals surface area contributed by atoms with Crippen LogP contribution in [-0.4, -0.2) is 33.5 Å². The van der Waals surface area contributed by atoms with Gasteiger partial charge in [-0.25, -0.2) is 4.79 Å². The average Bonchev–Trinajstić information content (AvgIpc) is 2.03.